The fourth-order valence-corrected chi connectivity index (χ4v) is 7.32. The number of aliphatic hydroxyl groups is 1. The lowest BCUT2D eigenvalue weighted by atomic mass is 9.86. The number of esters is 1. The number of likely N-dealkylation sites (tertiary alicyclic amines) is 1. The molecule has 0 radical (unpaired) electrons. The maximum absolute atomic E-state index is 13.7. The van der Waals surface area contributed by atoms with Crippen LogP contribution < -0.4 is 0 Å². The molecule has 4 nitrogen and oxygen atoms in total. The zero-order chi connectivity index (χ0) is 25.2. The first-order valence-electron chi connectivity index (χ1n) is 14.0. The molecule has 2 saturated carbocycles. The van der Waals surface area contributed by atoms with Crippen LogP contribution in [0.2, 0.25) is 0 Å². The summed E-state index contributed by atoms with van der Waals surface area (Å²) in [5.41, 5.74) is 0.728. The van der Waals surface area contributed by atoms with Gasteiger partial charge in [-0.15, -0.1) is 0 Å². The van der Waals surface area contributed by atoms with Gasteiger partial charge in [0.1, 0.15) is 6.10 Å². The molecule has 1 aliphatic heterocycles. The Bertz CT molecular complexity index is 1130. The molecule has 1 N–H and O–H groups in total. The third kappa shape index (κ3) is 4.73. The molecule has 2 aliphatic carbocycles. The van der Waals surface area contributed by atoms with Crippen molar-refractivity contribution in [3.8, 4) is 0 Å². The Morgan fingerprint density at radius 3 is 1.97 bits per heavy atom. The van der Waals surface area contributed by atoms with E-state index in [1.165, 1.54) is 31.2 Å². The van der Waals surface area contributed by atoms with E-state index in [0.29, 0.717) is 29.0 Å². The number of carbonyl (C=O) groups is 1. The van der Waals surface area contributed by atoms with Gasteiger partial charge in [-0.2, -0.15) is 0 Å². The molecule has 3 aromatic rings. The number of nitrogens with zero attached hydrogens (tertiary/aromatic N) is 1. The molecule has 4 unspecified atom stereocenters. The molecule has 6 rings (SSSR count). The van der Waals surface area contributed by atoms with Gasteiger partial charge >= 0.3 is 5.97 Å². The molecule has 1 saturated heterocycles. The van der Waals surface area contributed by atoms with E-state index < -0.39 is 11.6 Å². The van der Waals surface area contributed by atoms with Gasteiger partial charge in [-0.3, -0.25) is 4.90 Å². The van der Waals surface area contributed by atoms with Crippen molar-refractivity contribution in [2.75, 3.05) is 13.1 Å². The van der Waals surface area contributed by atoms with Crippen LogP contribution in [0.25, 0.3) is 0 Å². The van der Waals surface area contributed by atoms with Crippen LogP contribution in [0.3, 0.4) is 0 Å². The number of hydrogen-bond acceptors (Lipinski definition) is 4. The molecule has 3 fully saturated rings. The molecule has 37 heavy (non-hydrogen) atoms. The van der Waals surface area contributed by atoms with Gasteiger partial charge < -0.3 is 9.84 Å². The van der Waals surface area contributed by atoms with E-state index in [4.69, 9.17) is 4.74 Å². The van der Waals surface area contributed by atoms with Crippen molar-refractivity contribution < 1.29 is 14.6 Å². The minimum Gasteiger partial charge on any atom is -0.459 e. The summed E-state index contributed by atoms with van der Waals surface area (Å²) in [6, 6.07) is 29.8. The number of fused-ring (bicyclic) bond motifs is 2. The average Bonchev–Trinajstić information content (AvgIpc) is 3.52. The standard InChI is InChI=1S/C33H37NO3/c35-32(33(36,27-12-6-2-7-13-27)28-14-8-3-9-15-28)37-30-23-26-16-17-29(30)31(26)34-20-18-25(19-21-34)22-24-10-4-1-5-11-24/h1-15,25-26,29-31,36H,16-23H2. The highest BCUT2D eigenvalue weighted by atomic mass is 16.6. The first kappa shape index (κ1) is 24.4. The maximum atomic E-state index is 13.7. The topological polar surface area (TPSA) is 49.8 Å². The van der Waals surface area contributed by atoms with Gasteiger partial charge in [0.05, 0.1) is 0 Å². The van der Waals surface area contributed by atoms with Gasteiger partial charge in [0, 0.05) is 12.0 Å². The van der Waals surface area contributed by atoms with Crippen molar-refractivity contribution in [1.29, 1.82) is 0 Å². The summed E-state index contributed by atoms with van der Waals surface area (Å²) in [7, 11) is 0. The summed E-state index contributed by atoms with van der Waals surface area (Å²) in [5, 5.41) is 11.8. The molecule has 3 aromatic carbocycles. The number of rotatable bonds is 7. The number of hydrogen-bond donors (Lipinski definition) is 1. The molecule has 1 heterocycles. The number of piperidine rings is 1. The fraction of sp³-hybridized carbons (Fsp3) is 0.424. The summed E-state index contributed by atoms with van der Waals surface area (Å²) >= 11 is 0. The number of carbonyl (C=O) groups excluding carboxylic acids is 1. The Hall–Kier alpha value is -2.95. The molecule has 4 atom stereocenters. The average molecular weight is 496 g/mol. The predicted octanol–water partition coefficient (Wildman–Crippen LogP) is 5.59. The van der Waals surface area contributed by atoms with Gasteiger partial charge in [0.2, 0.25) is 5.60 Å². The minimum atomic E-state index is -1.81. The lowest BCUT2D eigenvalue weighted by molar-refractivity contribution is -0.170. The van der Waals surface area contributed by atoms with E-state index >= 15 is 0 Å². The quantitative estimate of drug-likeness (QED) is 0.434. The van der Waals surface area contributed by atoms with Crippen LogP contribution in [0.5, 0.6) is 0 Å². The van der Waals surface area contributed by atoms with E-state index in [9.17, 15) is 9.90 Å². The Morgan fingerprint density at radius 2 is 1.38 bits per heavy atom. The van der Waals surface area contributed by atoms with Crippen molar-refractivity contribution in [3.05, 3.63) is 108 Å². The van der Waals surface area contributed by atoms with Crippen LogP contribution >= 0.6 is 0 Å². The molecular weight excluding hydrogens is 458 g/mol. The van der Waals surface area contributed by atoms with Crippen LogP contribution in [-0.4, -0.2) is 41.2 Å². The lowest BCUT2D eigenvalue weighted by Crippen LogP contribution is -2.46. The van der Waals surface area contributed by atoms with Crippen molar-refractivity contribution in [3.63, 3.8) is 0 Å². The first-order valence-corrected chi connectivity index (χ1v) is 14.0. The normalized spacial score (nSPS) is 26.3. The highest BCUT2D eigenvalue weighted by Crippen LogP contribution is 2.50. The van der Waals surface area contributed by atoms with Crippen LogP contribution in [-0.2, 0) is 21.6 Å². The summed E-state index contributed by atoms with van der Waals surface area (Å²) in [6.07, 6.45) is 6.74. The van der Waals surface area contributed by atoms with Gasteiger partial charge in [-0.1, -0.05) is 91.0 Å². The zero-order valence-electron chi connectivity index (χ0n) is 21.4. The Kier molecular flexibility index (Phi) is 6.88. The largest absolute Gasteiger partial charge is 0.459 e. The second kappa shape index (κ2) is 10.4. The van der Waals surface area contributed by atoms with Crippen LogP contribution in [0.4, 0.5) is 0 Å². The molecule has 0 amide bonds. The molecule has 2 bridgehead atoms. The summed E-state index contributed by atoms with van der Waals surface area (Å²) in [5.74, 6) is 1.13. The van der Waals surface area contributed by atoms with Crippen molar-refractivity contribution in [2.24, 2.45) is 17.8 Å². The summed E-state index contributed by atoms with van der Waals surface area (Å²) in [4.78, 5) is 16.4. The molecule has 3 aliphatic rings. The smallest absolute Gasteiger partial charge is 0.347 e. The maximum Gasteiger partial charge on any atom is 0.347 e. The lowest BCUT2D eigenvalue weighted by Gasteiger charge is -2.38. The van der Waals surface area contributed by atoms with Crippen LogP contribution in [0, 0.1) is 17.8 Å². The molecule has 192 valence electrons. The van der Waals surface area contributed by atoms with Gasteiger partial charge in [0.25, 0.3) is 0 Å². The van der Waals surface area contributed by atoms with Gasteiger partial charge in [0.15, 0.2) is 0 Å². The summed E-state index contributed by atoms with van der Waals surface area (Å²) < 4.78 is 6.22. The highest BCUT2D eigenvalue weighted by Gasteiger charge is 2.54. The van der Waals surface area contributed by atoms with E-state index in [2.05, 4.69) is 35.2 Å². The SMILES string of the molecule is O=C(OC1CC2CCC1C2N1CCC(Cc2ccccc2)CC1)C(O)(c1ccccc1)c1ccccc1. The molecule has 0 aromatic heterocycles. The second-order valence-corrected chi connectivity index (χ2v) is 11.3. The van der Waals surface area contributed by atoms with Crippen LogP contribution in [0.1, 0.15) is 48.8 Å². The first-order chi connectivity index (χ1) is 18.1. The van der Waals surface area contributed by atoms with E-state index in [1.54, 1.807) is 24.3 Å². The van der Waals surface area contributed by atoms with E-state index in [0.717, 1.165) is 31.8 Å². The highest BCUT2D eigenvalue weighted by molar-refractivity contribution is 5.85. The van der Waals surface area contributed by atoms with E-state index in [1.807, 2.05) is 36.4 Å². The van der Waals surface area contributed by atoms with Gasteiger partial charge in [-0.05, 0) is 80.1 Å². The summed E-state index contributed by atoms with van der Waals surface area (Å²) in [6.45, 7) is 2.27. The Morgan fingerprint density at radius 1 is 0.811 bits per heavy atom. The van der Waals surface area contributed by atoms with E-state index in [-0.39, 0.29) is 6.10 Å². The second-order valence-electron chi connectivity index (χ2n) is 11.3. The van der Waals surface area contributed by atoms with Crippen molar-refractivity contribution >= 4 is 5.97 Å². The number of benzene rings is 3. The monoisotopic (exact) mass is 495 g/mol. The van der Waals surface area contributed by atoms with Crippen molar-refractivity contribution in [2.45, 2.75) is 56.3 Å². The van der Waals surface area contributed by atoms with Crippen LogP contribution in [0.15, 0.2) is 91.0 Å². The molecule has 0 spiro atoms. The van der Waals surface area contributed by atoms with Gasteiger partial charge in [-0.25, -0.2) is 4.79 Å². The number of ether oxygens (including phenoxy) is 1. The van der Waals surface area contributed by atoms with Crippen molar-refractivity contribution in [1.82, 2.24) is 4.90 Å². The Balaban J connectivity index is 1.13. The zero-order valence-corrected chi connectivity index (χ0v) is 21.4. The fourth-order valence-electron chi connectivity index (χ4n) is 7.32. The minimum absolute atomic E-state index is 0.128. The third-order valence-electron chi connectivity index (χ3n) is 9.18. The molecular formula is C33H37NO3. The Labute approximate surface area is 220 Å². The molecule has 4 heteroatoms. The third-order valence-corrected chi connectivity index (χ3v) is 9.18. The predicted molar refractivity (Wildman–Crippen MR) is 145 cm³/mol.